The molecule has 4 fully saturated rings. The molecule has 139 heavy (non-hydrogen) atoms. The molecule has 7 rings (SSSR count). The molecule has 26 N–H and O–H groups in total. The third kappa shape index (κ3) is 33.8. The molecular formula is C90H131N23O26. The smallest absolute Gasteiger partial charge is 0.325 e. The summed E-state index contributed by atoms with van der Waals surface area (Å²) in [6, 6.07) is -13.4. The van der Waals surface area contributed by atoms with Crippen LogP contribution >= 0.6 is 0 Å². The van der Waals surface area contributed by atoms with Crippen LogP contribution in [0.25, 0.3) is 0 Å². The molecule has 762 valence electrons. The van der Waals surface area contributed by atoms with Crippen molar-refractivity contribution in [3.8, 4) is 11.5 Å². The highest BCUT2D eigenvalue weighted by Gasteiger charge is 2.49. The van der Waals surface area contributed by atoms with Gasteiger partial charge in [-0.05, 0) is 151 Å². The molecule has 4 aliphatic rings. The average Bonchev–Trinajstić information content (AvgIpc) is 1.64. The number of primary amides is 3. The molecule has 4 saturated heterocycles. The van der Waals surface area contributed by atoms with Crippen LogP contribution in [-0.2, 0) is 125 Å². The van der Waals surface area contributed by atoms with Crippen molar-refractivity contribution in [2.45, 2.75) is 287 Å². The van der Waals surface area contributed by atoms with E-state index >= 15 is 0 Å². The highest BCUT2D eigenvalue weighted by Crippen LogP contribution is 2.31. The molecule has 18 atom stereocenters. The number of aliphatic carboxylic acids is 2. The lowest BCUT2D eigenvalue weighted by Gasteiger charge is -2.35. The number of amides is 20. The highest BCUT2D eigenvalue weighted by molar-refractivity contribution is 6.03. The number of aromatic amines is 1. The standard InChI is InChI=1S/C90H131N23O26/c1-10-46(6)73(89(137)111-30-12-15-64(111)84(132)100-49(9)90(138)139)109-83(131)58(34-45(4)5)105-78(126)56(27-28-68(92)116)101-81(129)61(38-69(93)117)102-74(122)47(7)98-71(119)42-96-77(125)60(37-52-41-95-43-97-52)106-82(130)62(40-72(120)121)103-75(123)48(8)99-79(127)59(36-51-21-25-54(115)26-22-51)107-85(133)65-16-11-29-110(65)87(135)67-18-14-32-113(67)88(136)66-17-13-31-112(66)86(134)63(39-70(94)118)108-80(128)57(33-44(2)3)104-76(124)55(91)35-50-19-23-53(114)24-20-50/h19-26,41,43-49,55-67,73,114-115H,10-18,27-40,42,91H2,1-9H3,(H2,92,116)(H2,93,117)(H2,94,118)(H,95,97)(H,96,125)(H,98,119)(H,99,127)(H,100,132)(H,101,129)(H,102,122)(H,103,123)(H,104,124)(H,105,126)(H,106,130)(H,107,133)(H,108,128)(H,109,131)(H,120,121)(H,138,139)/t46-,47-,48-,49-,55-,56-,57-,58-,59-,60-,61-,62-,63-,64-,65-,66-,67-,73-/m0/s1. The van der Waals surface area contributed by atoms with Gasteiger partial charge in [0.1, 0.15) is 108 Å². The minimum absolute atomic E-state index is 0.00196. The van der Waals surface area contributed by atoms with Crippen molar-refractivity contribution >= 4 is 130 Å². The Hall–Kier alpha value is -14.4. The van der Waals surface area contributed by atoms with Crippen molar-refractivity contribution in [1.82, 2.24) is 98.7 Å². The van der Waals surface area contributed by atoms with E-state index in [2.05, 4.69) is 79.1 Å². The maximum atomic E-state index is 14.9. The lowest BCUT2D eigenvalue weighted by atomic mass is 9.95. The summed E-state index contributed by atoms with van der Waals surface area (Å²) in [7, 11) is 0. The molecular weight excluding hydrogens is 1820 g/mol. The lowest BCUT2D eigenvalue weighted by molar-refractivity contribution is -0.151. The Morgan fingerprint density at radius 1 is 0.417 bits per heavy atom. The fraction of sp³-hybridized carbons (Fsp3) is 0.589. The third-order valence-electron chi connectivity index (χ3n) is 24.2. The van der Waals surface area contributed by atoms with Crippen LogP contribution < -0.4 is 92.1 Å². The predicted molar refractivity (Wildman–Crippen MR) is 490 cm³/mol. The number of phenolic OH excluding ortho intramolecular Hbond substituents is 2. The topological polar surface area (TPSA) is 759 Å². The number of hydrogen-bond donors (Lipinski definition) is 22. The zero-order valence-corrected chi connectivity index (χ0v) is 79.1. The number of carbonyl (C=O) groups is 22. The summed E-state index contributed by atoms with van der Waals surface area (Å²) in [5.41, 5.74) is 24.0. The van der Waals surface area contributed by atoms with Gasteiger partial charge in [-0.1, -0.05) is 72.2 Å². The van der Waals surface area contributed by atoms with Crippen molar-refractivity contribution in [2.24, 2.45) is 40.7 Å². The van der Waals surface area contributed by atoms with Crippen LogP contribution in [0.4, 0.5) is 0 Å². The zero-order chi connectivity index (χ0) is 103. The molecule has 49 nitrogen and oxygen atoms in total. The number of rotatable bonds is 52. The van der Waals surface area contributed by atoms with Crippen LogP contribution in [0.2, 0.25) is 0 Å². The molecule has 0 saturated carbocycles. The van der Waals surface area contributed by atoms with Gasteiger partial charge >= 0.3 is 11.9 Å². The summed E-state index contributed by atoms with van der Waals surface area (Å²) < 4.78 is 0. The zero-order valence-electron chi connectivity index (χ0n) is 79.1. The number of nitrogens with two attached hydrogens (primary N) is 4. The van der Waals surface area contributed by atoms with E-state index < -0.39 is 284 Å². The van der Waals surface area contributed by atoms with E-state index in [9.17, 15) is 126 Å². The number of likely N-dealkylation sites (tertiary alicyclic amines) is 4. The Morgan fingerprint density at radius 2 is 0.827 bits per heavy atom. The molecule has 49 heteroatoms. The first-order chi connectivity index (χ1) is 65.5. The van der Waals surface area contributed by atoms with Crippen molar-refractivity contribution in [1.29, 1.82) is 0 Å². The van der Waals surface area contributed by atoms with E-state index in [0.717, 1.165) is 13.8 Å². The van der Waals surface area contributed by atoms with Gasteiger partial charge in [-0.15, -0.1) is 0 Å². The SMILES string of the molecule is CC[C@H](C)[C@H](NC(=O)[C@H](CC(C)C)NC(=O)[C@H](CCC(N)=O)NC(=O)[C@H](CC(N)=O)NC(=O)[C@H](C)NC(=O)CNC(=O)[C@H](Cc1cnc[nH]1)NC(=O)[C@H](CC(=O)O)NC(=O)[C@H](C)NC(=O)[C@H](Cc1ccc(O)cc1)NC(=O)[C@@H]1CCCN1C(=O)[C@@H]1CCCN1C(=O)[C@@H]1CCCN1C(=O)[C@H](CC(N)=O)NC(=O)[C@H](CC(C)C)NC(=O)[C@@H](N)Cc1ccc(O)cc1)C(=O)N1CCC[C@H]1C(=O)N[C@@H](C)C(=O)O. The second kappa shape index (κ2) is 52.8. The van der Waals surface area contributed by atoms with Gasteiger partial charge in [-0.3, -0.25) is 105 Å². The summed E-state index contributed by atoms with van der Waals surface area (Å²) >= 11 is 0. The molecule has 0 radical (unpaired) electrons. The largest absolute Gasteiger partial charge is 0.508 e. The van der Waals surface area contributed by atoms with Crippen molar-refractivity contribution < 1.29 is 126 Å². The average molecular weight is 1950 g/mol. The van der Waals surface area contributed by atoms with Gasteiger partial charge in [-0.25, -0.2) is 4.98 Å². The van der Waals surface area contributed by atoms with Gasteiger partial charge in [0, 0.05) is 57.3 Å². The Kier molecular flexibility index (Phi) is 42.3. The van der Waals surface area contributed by atoms with Crippen LogP contribution in [0.5, 0.6) is 11.5 Å². The molecule has 4 aliphatic heterocycles. The molecule has 0 spiro atoms. The van der Waals surface area contributed by atoms with Crippen LogP contribution in [0.3, 0.4) is 0 Å². The normalized spacial score (nSPS) is 18.6. The molecule has 5 heterocycles. The molecule has 0 bridgehead atoms. The highest BCUT2D eigenvalue weighted by atomic mass is 16.4. The predicted octanol–water partition coefficient (Wildman–Crippen LogP) is -6.15. The van der Waals surface area contributed by atoms with Crippen LogP contribution in [0.1, 0.15) is 182 Å². The van der Waals surface area contributed by atoms with Crippen LogP contribution in [0, 0.1) is 17.8 Å². The Morgan fingerprint density at radius 3 is 1.33 bits per heavy atom. The van der Waals surface area contributed by atoms with E-state index in [0.29, 0.717) is 36.8 Å². The van der Waals surface area contributed by atoms with Gasteiger partial charge in [0.2, 0.25) is 118 Å². The maximum Gasteiger partial charge on any atom is 0.325 e. The Balaban J connectivity index is 0.968. The van der Waals surface area contributed by atoms with Crippen molar-refractivity contribution in [3.63, 3.8) is 0 Å². The second-order valence-corrected chi connectivity index (χ2v) is 36.3. The van der Waals surface area contributed by atoms with Gasteiger partial charge in [-0.2, -0.15) is 0 Å². The monoisotopic (exact) mass is 1950 g/mol. The lowest BCUT2D eigenvalue weighted by Crippen LogP contribution is -2.61. The number of H-pyrrole nitrogens is 1. The van der Waals surface area contributed by atoms with Crippen LogP contribution in [0.15, 0.2) is 61.1 Å². The number of phenols is 2. The van der Waals surface area contributed by atoms with E-state index in [1.165, 1.54) is 75.4 Å². The summed E-state index contributed by atoms with van der Waals surface area (Å²) in [5.74, 6) is -23.2. The first kappa shape index (κ1) is 112. The number of hydrogen-bond acceptors (Lipinski definition) is 26. The number of benzene rings is 2. The number of carboxylic acids is 2. The first-order valence-corrected chi connectivity index (χ1v) is 46.3. The van der Waals surface area contributed by atoms with Gasteiger partial charge in [0.15, 0.2) is 0 Å². The van der Waals surface area contributed by atoms with Crippen molar-refractivity contribution in [2.75, 3.05) is 32.7 Å². The fourth-order valence-electron chi connectivity index (χ4n) is 16.5. The molecule has 2 aromatic carbocycles. The number of nitrogens with zero attached hydrogens (tertiary/aromatic N) is 5. The number of aromatic nitrogens is 2. The van der Waals surface area contributed by atoms with Crippen LogP contribution in [-0.4, -0.2) is 316 Å². The molecule has 1 aromatic heterocycles. The Bertz CT molecular complexity index is 4940. The second-order valence-electron chi connectivity index (χ2n) is 36.3. The summed E-state index contributed by atoms with van der Waals surface area (Å²) in [4.78, 5) is 314. The molecule has 0 aliphatic carbocycles. The summed E-state index contributed by atoms with van der Waals surface area (Å²) in [6.45, 7) is 13.1. The number of carbonyl (C=O) groups excluding carboxylic acids is 20. The number of imidazole rings is 1. The van der Waals surface area contributed by atoms with Gasteiger partial charge in [0.05, 0.1) is 38.2 Å². The fourth-order valence-corrected chi connectivity index (χ4v) is 16.5. The van der Waals surface area contributed by atoms with Gasteiger partial charge in [0.25, 0.3) is 0 Å². The maximum absolute atomic E-state index is 14.9. The number of carboxylic acid groups (broad SMARTS) is 2. The number of aromatic hydroxyl groups is 2. The molecule has 0 unspecified atom stereocenters. The minimum Gasteiger partial charge on any atom is -0.508 e. The van der Waals surface area contributed by atoms with E-state index in [4.69, 9.17) is 22.9 Å². The first-order valence-electron chi connectivity index (χ1n) is 46.3. The molecule has 20 amide bonds. The summed E-state index contributed by atoms with van der Waals surface area (Å²) in [6.07, 6.45) is 0.0237. The third-order valence-corrected chi connectivity index (χ3v) is 24.2. The van der Waals surface area contributed by atoms with E-state index in [1.807, 2.05) is 0 Å². The minimum atomic E-state index is -2.02. The quantitative estimate of drug-likeness (QED) is 0.0250. The van der Waals surface area contributed by atoms with E-state index in [-0.39, 0.29) is 113 Å². The summed E-state index contributed by atoms with van der Waals surface area (Å²) in [5, 5.41) is 71.1. The molecule has 3 aromatic rings. The van der Waals surface area contributed by atoms with E-state index in [1.54, 1.807) is 53.7 Å². The van der Waals surface area contributed by atoms with Crippen molar-refractivity contribution in [3.05, 3.63) is 77.9 Å². The number of nitrogens with one attached hydrogen (secondary N) is 14. The van der Waals surface area contributed by atoms with Gasteiger partial charge < -0.3 is 137 Å². The Labute approximate surface area is 801 Å².